The summed E-state index contributed by atoms with van der Waals surface area (Å²) >= 11 is 1.63. The van der Waals surface area contributed by atoms with Gasteiger partial charge in [0.25, 0.3) is 0 Å². The molecule has 1 aliphatic rings. The number of hydrogen-bond acceptors (Lipinski definition) is 7. The fourth-order valence-electron chi connectivity index (χ4n) is 2.95. The minimum Gasteiger partial charge on any atom is -0.337 e. The number of rotatable bonds is 5. The van der Waals surface area contributed by atoms with E-state index >= 15 is 0 Å². The van der Waals surface area contributed by atoms with E-state index in [9.17, 15) is 0 Å². The highest BCUT2D eigenvalue weighted by Gasteiger charge is 2.27. The molecule has 3 heterocycles. The van der Waals surface area contributed by atoms with Crippen LogP contribution in [0.5, 0.6) is 0 Å². The third kappa shape index (κ3) is 4.77. The first-order valence-corrected chi connectivity index (χ1v) is 8.93. The van der Waals surface area contributed by atoms with Crippen molar-refractivity contribution in [3.8, 4) is 10.7 Å². The van der Waals surface area contributed by atoms with E-state index in [1.54, 1.807) is 11.3 Å². The predicted molar refractivity (Wildman–Crippen MR) is 99.6 cm³/mol. The van der Waals surface area contributed by atoms with Gasteiger partial charge in [0.2, 0.25) is 11.7 Å². The first kappa shape index (κ1) is 19.3. The molecule has 0 aromatic carbocycles. The third-order valence-electron chi connectivity index (χ3n) is 4.13. The van der Waals surface area contributed by atoms with Gasteiger partial charge in [0.15, 0.2) is 0 Å². The third-order valence-corrected chi connectivity index (χ3v) is 4.99. The van der Waals surface area contributed by atoms with Gasteiger partial charge in [-0.05, 0) is 32.2 Å². The van der Waals surface area contributed by atoms with Crippen LogP contribution in [0.4, 0.5) is 0 Å². The van der Waals surface area contributed by atoms with Gasteiger partial charge < -0.3 is 10.3 Å². The van der Waals surface area contributed by atoms with Crippen LogP contribution in [0.1, 0.15) is 32.7 Å². The van der Waals surface area contributed by atoms with Crippen LogP contribution in [0, 0.1) is 0 Å². The molecule has 1 aliphatic heterocycles. The highest BCUT2D eigenvalue weighted by atomic mass is 35.5. The van der Waals surface area contributed by atoms with E-state index in [2.05, 4.69) is 40.7 Å². The van der Waals surface area contributed by atoms with Crippen LogP contribution in [0.2, 0.25) is 0 Å². The van der Waals surface area contributed by atoms with E-state index in [4.69, 9.17) is 10.3 Å². The number of halogens is 1. The average Bonchev–Trinajstić information content (AvgIpc) is 3.17. The van der Waals surface area contributed by atoms with E-state index in [1.165, 1.54) is 0 Å². The molecule has 3 rings (SSSR count). The van der Waals surface area contributed by atoms with Gasteiger partial charge in [0.05, 0.1) is 10.9 Å². The summed E-state index contributed by atoms with van der Waals surface area (Å²) in [5, 5.41) is 6.13. The summed E-state index contributed by atoms with van der Waals surface area (Å²) in [4.78, 5) is 10.4. The van der Waals surface area contributed by atoms with Crippen molar-refractivity contribution in [2.24, 2.45) is 5.73 Å². The largest absolute Gasteiger partial charge is 0.337 e. The van der Waals surface area contributed by atoms with Gasteiger partial charge in [-0.25, -0.2) is 0 Å². The Balaban J connectivity index is 0.00000208. The van der Waals surface area contributed by atoms with Crippen molar-refractivity contribution in [1.82, 2.24) is 19.9 Å². The fraction of sp³-hybridized carbons (Fsp3) is 0.625. The fourth-order valence-corrected chi connectivity index (χ4v) is 3.60. The lowest BCUT2D eigenvalue weighted by Crippen LogP contribution is -2.53. The summed E-state index contributed by atoms with van der Waals surface area (Å²) in [5.41, 5.74) is 5.97. The Hall–Kier alpha value is -0.990. The molecule has 24 heavy (non-hydrogen) atoms. The molecule has 1 unspecified atom stereocenters. The molecule has 0 saturated carbocycles. The zero-order valence-electron chi connectivity index (χ0n) is 14.4. The second-order valence-electron chi connectivity index (χ2n) is 6.91. The first-order chi connectivity index (χ1) is 10.9. The molecule has 0 spiro atoms. The van der Waals surface area contributed by atoms with Crippen LogP contribution < -0.4 is 5.73 Å². The zero-order valence-corrected chi connectivity index (χ0v) is 16.1. The zero-order chi connectivity index (χ0) is 16.4. The molecule has 2 N–H and O–H groups in total. The Morgan fingerprint density at radius 2 is 2.04 bits per heavy atom. The molecule has 0 amide bonds. The maximum atomic E-state index is 6.11. The maximum absolute atomic E-state index is 6.11. The molecule has 1 fully saturated rings. The van der Waals surface area contributed by atoms with Crippen molar-refractivity contribution < 1.29 is 4.52 Å². The van der Waals surface area contributed by atoms with E-state index in [-0.39, 0.29) is 24.0 Å². The molecule has 0 aliphatic carbocycles. The molecule has 134 valence electrons. The van der Waals surface area contributed by atoms with Crippen LogP contribution in [0.15, 0.2) is 22.0 Å². The van der Waals surface area contributed by atoms with Gasteiger partial charge in [-0.2, -0.15) is 4.98 Å². The number of nitrogens with zero attached hydrogens (tertiary/aromatic N) is 4. The Morgan fingerprint density at radius 3 is 2.62 bits per heavy atom. The molecule has 1 atom stereocenters. The summed E-state index contributed by atoms with van der Waals surface area (Å²) in [5.74, 6) is 1.38. The Bertz CT molecular complexity index is 617. The van der Waals surface area contributed by atoms with Gasteiger partial charge in [-0.3, -0.25) is 9.80 Å². The van der Waals surface area contributed by atoms with Gasteiger partial charge in [-0.1, -0.05) is 11.2 Å². The molecule has 2 aromatic heterocycles. The summed E-state index contributed by atoms with van der Waals surface area (Å²) in [6.45, 7) is 11.3. The first-order valence-electron chi connectivity index (χ1n) is 8.05. The van der Waals surface area contributed by atoms with Crippen LogP contribution in [-0.4, -0.2) is 58.2 Å². The molecular formula is C16H26ClN5OS. The van der Waals surface area contributed by atoms with Crippen molar-refractivity contribution in [1.29, 1.82) is 0 Å². The van der Waals surface area contributed by atoms with Crippen molar-refractivity contribution in [2.45, 2.75) is 32.4 Å². The van der Waals surface area contributed by atoms with Gasteiger partial charge in [-0.15, -0.1) is 23.7 Å². The van der Waals surface area contributed by atoms with Crippen molar-refractivity contribution in [3.63, 3.8) is 0 Å². The van der Waals surface area contributed by atoms with Crippen molar-refractivity contribution >= 4 is 23.7 Å². The van der Waals surface area contributed by atoms with E-state index in [0.717, 1.165) is 37.6 Å². The summed E-state index contributed by atoms with van der Waals surface area (Å²) in [7, 11) is 0. The lowest BCUT2D eigenvalue weighted by molar-refractivity contribution is 0.0786. The smallest absolute Gasteiger partial charge is 0.244 e. The Morgan fingerprint density at radius 1 is 1.33 bits per heavy atom. The number of aromatic nitrogens is 2. The van der Waals surface area contributed by atoms with Gasteiger partial charge in [0, 0.05) is 38.3 Å². The van der Waals surface area contributed by atoms with E-state index in [0.29, 0.717) is 11.7 Å². The monoisotopic (exact) mass is 371 g/mol. The Labute approximate surface area is 153 Å². The minimum atomic E-state index is -0.143. The molecule has 2 aromatic rings. The SMILES string of the molecule is CC(c1nc(-c2cccs2)no1)N1CCN(CC(C)(C)N)CC1.Cl. The summed E-state index contributed by atoms with van der Waals surface area (Å²) < 4.78 is 5.48. The van der Waals surface area contributed by atoms with Crippen LogP contribution in [-0.2, 0) is 0 Å². The normalized spacial score (nSPS) is 18.3. The number of thiophene rings is 1. The average molecular weight is 372 g/mol. The molecule has 0 bridgehead atoms. The van der Waals surface area contributed by atoms with E-state index < -0.39 is 0 Å². The predicted octanol–water partition coefficient (Wildman–Crippen LogP) is 2.64. The second kappa shape index (κ2) is 7.93. The molecule has 6 nitrogen and oxygen atoms in total. The minimum absolute atomic E-state index is 0. The number of hydrogen-bond donors (Lipinski definition) is 1. The quantitative estimate of drug-likeness (QED) is 0.871. The lowest BCUT2D eigenvalue weighted by atomic mass is 10.1. The van der Waals surface area contributed by atoms with Crippen LogP contribution >= 0.6 is 23.7 Å². The van der Waals surface area contributed by atoms with Gasteiger partial charge in [0.1, 0.15) is 0 Å². The summed E-state index contributed by atoms with van der Waals surface area (Å²) in [6.07, 6.45) is 0. The van der Waals surface area contributed by atoms with Crippen LogP contribution in [0.25, 0.3) is 10.7 Å². The van der Waals surface area contributed by atoms with Gasteiger partial charge >= 0.3 is 0 Å². The molecule has 1 saturated heterocycles. The van der Waals surface area contributed by atoms with E-state index in [1.807, 2.05) is 17.5 Å². The second-order valence-corrected chi connectivity index (χ2v) is 7.86. The summed E-state index contributed by atoms with van der Waals surface area (Å²) in [6, 6.07) is 4.15. The lowest BCUT2D eigenvalue weighted by Gasteiger charge is -2.39. The number of nitrogens with two attached hydrogens (primary N) is 1. The van der Waals surface area contributed by atoms with Crippen LogP contribution in [0.3, 0.4) is 0 Å². The maximum Gasteiger partial charge on any atom is 0.244 e. The molecule has 8 heteroatoms. The van der Waals surface area contributed by atoms with Crippen molar-refractivity contribution in [3.05, 3.63) is 23.4 Å². The topological polar surface area (TPSA) is 71.4 Å². The highest BCUT2D eigenvalue weighted by molar-refractivity contribution is 7.13. The Kier molecular flexibility index (Phi) is 6.39. The molecular weight excluding hydrogens is 346 g/mol. The molecule has 0 radical (unpaired) electrons. The standard InChI is InChI=1S/C16H25N5OS.ClH/c1-12(15-18-14(19-22-15)13-5-4-10-23-13)21-8-6-20(7-9-21)11-16(2,3)17;/h4-5,10,12H,6-9,11,17H2,1-3H3;1H. The highest BCUT2D eigenvalue weighted by Crippen LogP contribution is 2.25. The van der Waals surface area contributed by atoms with Crippen molar-refractivity contribution in [2.75, 3.05) is 32.7 Å². The number of piperazine rings is 1.